The van der Waals surface area contributed by atoms with Gasteiger partial charge in [0.2, 0.25) is 5.71 Å². The van der Waals surface area contributed by atoms with E-state index in [9.17, 15) is 17.9 Å². The van der Waals surface area contributed by atoms with Crippen LogP contribution in [0.1, 0.15) is 35.8 Å². The van der Waals surface area contributed by atoms with Gasteiger partial charge in [0, 0.05) is 34.0 Å². The molecule has 1 N–H and O–H groups in total. The lowest BCUT2D eigenvalue weighted by molar-refractivity contribution is 0.0964. The number of nitrogens with zero attached hydrogens (tertiary/aromatic N) is 2. The number of hydrogen-bond donors (Lipinski definition) is 1. The first-order valence-electron chi connectivity index (χ1n) is 9.30. The Labute approximate surface area is 189 Å². The molecule has 3 rings (SSSR count). The molecule has 1 amide bonds. The highest BCUT2D eigenvalue weighted by Gasteiger charge is 2.24. The molecule has 0 bridgehead atoms. The minimum atomic E-state index is -2.38. The summed E-state index contributed by atoms with van der Waals surface area (Å²) in [5.41, 5.74) is 1.59. The van der Waals surface area contributed by atoms with Gasteiger partial charge in [0.1, 0.15) is 11.6 Å². The van der Waals surface area contributed by atoms with E-state index in [0.717, 1.165) is 12.8 Å². The summed E-state index contributed by atoms with van der Waals surface area (Å²) in [6.45, 7) is 2.48. The number of carbonyl (C=O) groups excluding carboxylic acids is 1. The largest absolute Gasteiger partial charge is 0.760 e. The molecule has 10 heteroatoms. The Morgan fingerprint density at radius 1 is 1.37 bits per heavy atom. The maximum Gasteiger partial charge on any atom is 0.255 e. The van der Waals surface area contributed by atoms with Crippen LogP contribution in [0.5, 0.6) is 0 Å². The Bertz CT molecular complexity index is 1090. The van der Waals surface area contributed by atoms with Crippen LogP contribution in [0.2, 0.25) is 0 Å². The summed E-state index contributed by atoms with van der Waals surface area (Å²) in [4.78, 5) is 17.1. The van der Waals surface area contributed by atoms with Crippen molar-refractivity contribution in [3.05, 3.63) is 51.0 Å². The number of amides is 1. The first-order valence-corrected chi connectivity index (χ1v) is 11.4. The van der Waals surface area contributed by atoms with Gasteiger partial charge < -0.3 is 14.3 Å². The highest BCUT2D eigenvalue weighted by Crippen LogP contribution is 2.34. The minimum absolute atomic E-state index is 0.103. The van der Waals surface area contributed by atoms with E-state index in [4.69, 9.17) is 4.42 Å². The van der Waals surface area contributed by atoms with Gasteiger partial charge in [0.25, 0.3) is 5.91 Å². The van der Waals surface area contributed by atoms with E-state index in [1.807, 2.05) is 6.92 Å². The molecule has 2 aromatic heterocycles. The van der Waals surface area contributed by atoms with Crippen LogP contribution >= 0.6 is 22.6 Å². The van der Waals surface area contributed by atoms with Crippen molar-refractivity contribution in [2.24, 2.45) is 0 Å². The molecule has 0 aliphatic rings. The van der Waals surface area contributed by atoms with Gasteiger partial charge in [-0.25, -0.2) is 13.7 Å². The molecule has 0 aliphatic carbocycles. The molecular weight excluding hydrogens is 524 g/mol. The Balaban J connectivity index is 2.10. The van der Waals surface area contributed by atoms with Gasteiger partial charge in [0.15, 0.2) is 0 Å². The number of halogens is 2. The van der Waals surface area contributed by atoms with Gasteiger partial charge in [-0.1, -0.05) is 13.3 Å². The van der Waals surface area contributed by atoms with Gasteiger partial charge in [-0.15, -0.1) is 0 Å². The summed E-state index contributed by atoms with van der Waals surface area (Å²) in [5, 5.41) is 3.10. The number of furan rings is 1. The van der Waals surface area contributed by atoms with E-state index in [1.165, 1.54) is 35.6 Å². The number of fused-ring (bicyclic) bond motifs is 1. The van der Waals surface area contributed by atoms with E-state index >= 15 is 0 Å². The SMILES string of the molecule is CCCCN(Cc1nc2oc(-c3ccc(F)cc3)c(C(=O)NC)c2cc1I)S(=O)[O-]. The van der Waals surface area contributed by atoms with Crippen molar-refractivity contribution < 1.29 is 22.4 Å². The van der Waals surface area contributed by atoms with Crippen LogP contribution in [0.3, 0.4) is 0 Å². The van der Waals surface area contributed by atoms with Crippen LogP contribution in [0.25, 0.3) is 22.4 Å². The van der Waals surface area contributed by atoms with Crippen LogP contribution in [0.15, 0.2) is 34.7 Å². The number of hydrogen-bond acceptors (Lipinski definition) is 5. The lowest BCUT2D eigenvalue weighted by Gasteiger charge is -2.23. The number of benzene rings is 1. The number of aromatic nitrogens is 1. The molecule has 0 aliphatic heterocycles. The number of unbranched alkanes of at least 4 members (excludes halogenated alkanes) is 1. The average molecular weight is 544 g/mol. The van der Waals surface area contributed by atoms with Crippen molar-refractivity contribution in [2.75, 3.05) is 13.6 Å². The molecule has 1 atom stereocenters. The van der Waals surface area contributed by atoms with Crippen molar-refractivity contribution >= 4 is 50.9 Å². The van der Waals surface area contributed by atoms with E-state index in [0.29, 0.717) is 32.3 Å². The Morgan fingerprint density at radius 3 is 2.67 bits per heavy atom. The number of carbonyl (C=O) groups is 1. The fourth-order valence-electron chi connectivity index (χ4n) is 3.01. The monoisotopic (exact) mass is 544 g/mol. The minimum Gasteiger partial charge on any atom is -0.760 e. The van der Waals surface area contributed by atoms with Crippen LogP contribution in [-0.4, -0.2) is 37.6 Å². The zero-order chi connectivity index (χ0) is 21.8. The fourth-order valence-corrected chi connectivity index (χ4v) is 4.12. The van der Waals surface area contributed by atoms with Crippen LogP contribution in [-0.2, 0) is 17.8 Å². The molecule has 0 spiro atoms. The van der Waals surface area contributed by atoms with Crippen molar-refractivity contribution in [3.8, 4) is 11.3 Å². The van der Waals surface area contributed by atoms with Crippen LogP contribution < -0.4 is 5.32 Å². The molecule has 1 unspecified atom stereocenters. The normalized spacial score (nSPS) is 12.5. The summed E-state index contributed by atoms with van der Waals surface area (Å²) < 4.78 is 44.4. The zero-order valence-electron chi connectivity index (χ0n) is 16.4. The molecule has 1 aromatic carbocycles. The Hall–Kier alpha value is -1.89. The molecule has 0 saturated heterocycles. The van der Waals surface area contributed by atoms with Gasteiger partial charge in [0.05, 0.1) is 23.2 Å². The summed E-state index contributed by atoms with van der Waals surface area (Å²) >= 11 is -0.307. The third kappa shape index (κ3) is 4.88. The molecular formula is C20H20FIN3O4S-. The van der Waals surface area contributed by atoms with Crippen molar-refractivity contribution in [3.63, 3.8) is 0 Å². The third-order valence-corrected chi connectivity index (χ3v) is 6.23. The maximum absolute atomic E-state index is 13.3. The third-order valence-electron chi connectivity index (χ3n) is 4.57. The highest BCUT2D eigenvalue weighted by molar-refractivity contribution is 14.1. The molecule has 7 nitrogen and oxygen atoms in total. The van der Waals surface area contributed by atoms with Crippen molar-refractivity contribution in [1.82, 2.24) is 14.6 Å². The van der Waals surface area contributed by atoms with Gasteiger partial charge in [-0.2, -0.15) is 0 Å². The van der Waals surface area contributed by atoms with Gasteiger partial charge in [-0.05, 0) is 59.3 Å². The van der Waals surface area contributed by atoms with Crippen LogP contribution in [0.4, 0.5) is 4.39 Å². The predicted octanol–water partition coefficient (Wildman–Crippen LogP) is 3.99. The zero-order valence-corrected chi connectivity index (χ0v) is 19.4. The molecule has 160 valence electrons. The molecule has 0 radical (unpaired) electrons. The smallest absolute Gasteiger partial charge is 0.255 e. The average Bonchev–Trinajstić information content (AvgIpc) is 3.08. The van der Waals surface area contributed by atoms with Crippen LogP contribution in [0, 0.1) is 9.39 Å². The number of nitrogens with one attached hydrogen (secondary N) is 1. The second-order valence-corrected chi connectivity index (χ2v) is 8.71. The Morgan fingerprint density at radius 2 is 2.07 bits per heavy atom. The van der Waals surface area contributed by atoms with Gasteiger partial charge >= 0.3 is 0 Å². The summed E-state index contributed by atoms with van der Waals surface area (Å²) in [7, 11) is 1.51. The lowest BCUT2D eigenvalue weighted by Crippen LogP contribution is -2.27. The summed E-state index contributed by atoms with van der Waals surface area (Å²) in [6, 6.07) is 7.38. The quantitative estimate of drug-likeness (QED) is 0.342. The molecule has 3 aromatic rings. The maximum atomic E-state index is 13.3. The fraction of sp³-hybridized carbons (Fsp3) is 0.300. The first kappa shape index (κ1) is 22.8. The van der Waals surface area contributed by atoms with E-state index < -0.39 is 17.1 Å². The van der Waals surface area contributed by atoms with Crippen molar-refractivity contribution in [1.29, 1.82) is 0 Å². The van der Waals surface area contributed by atoms with Gasteiger partial charge in [-0.3, -0.25) is 9.00 Å². The molecule has 2 heterocycles. The van der Waals surface area contributed by atoms with E-state index in [2.05, 4.69) is 32.9 Å². The standard InChI is InChI=1S/C20H21FIN3O4S/c1-3-4-9-25(30(27)28)11-16-15(22)10-14-17(19(26)23-2)18(29-20(14)24-16)12-5-7-13(21)8-6-12/h5-8,10H,3-4,9,11H2,1-2H3,(H,23,26)(H,27,28)/p-1. The second kappa shape index (κ2) is 9.94. The summed E-state index contributed by atoms with van der Waals surface area (Å²) in [5.74, 6) is -0.479. The summed E-state index contributed by atoms with van der Waals surface area (Å²) in [6.07, 6.45) is 1.61. The molecule has 0 saturated carbocycles. The molecule has 0 fully saturated rings. The first-order chi connectivity index (χ1) is 14.3. The predicted molar refractivity (Wildman–Crippen MR) is 120 cm³/mol. The number of rotatable bonds is 8. The molecule has 30 heavy (non-hydrogen) atoms. The van der Waals surface area contributed by atoms with Crippen molar-refractivity contribution in [2.45, 2.75) is 26.3 Å². The second-order valence-electron chi connectivity index (χ2n) is 6.60. The van der Waals surface area contributed by atoms with E-state index in [1.54, 1.807) is 6.07 Å². The Kier molecular flexibility index (Phi) is 7.55. The lowest BCUT2D eigenvalue weighted by atomic mass is 10.1. The van der Waals surface area contributed by atoms with E-state index in [-0.39, 0.29) is 23.9 Å². The highest BCUT2D eigenvalue weighted by atomic mass is 127. The number of pyridine rings is 1. The topological polar surface area (TPSA) is 98.5 Å².